The number of nitrogens with zero attached hydrogens (tertiary/aromatic N) is 2. The summed E-state index contributed by atoms with van der Waals surface area (Å²) in [5.74, 6) is 1.15. The number of carbonyl (C=O) groups is 1. The van der Waals surface area contributed by atoms with Gasteiger partial charge >= 0.3 is 0 Å². The molecule has 3 rings (SSSR count). The van der Waals surface area contributed by atoms with Crippen LogP contribution in [0.25, 0.3) is 11.5 Å². The average molecular weight is 405 g/mol. The Bertz CT molecular complexity index is 832. The molecule has 0 amide bonds. The van der Waals surface area contributed by atoms with Crippen LogP contribution in [0.5, 0.6) is 5.75 Å². The molecule has 0 atom stereocenters. The maximum absolute atomic E-state index is 12.1. The molecule has 0 radical (unpaired) electrons. The number of methoxy groups -OCH3 is 1. The summed E-state index contributed by atoms with van der Waals surface area (Å²) in [6, 6.07) is 14.9. The van der Waals surface area contributed by atoms with Crippen molar-refractivity contribution in [1.29, 1.82) is 0 Å². The summed E-state index contributed by atoms with van der Waals surface area (Å²) in [6.07, 6.45) is 0.282. The molecule has 0 N–H and O–H groups in total. The number of hydrogen-bond acceptors (Lipinski definition) is 6. The molecule has 1 aromatic heterocycles. The van der Waals surface area contributed by atoms with Crippen molar-refractivity contribution in [2.45, 2.75) is 11.6 Å². The van der Waals surface area contributed by atoms with E-state index < -0.39 is 0 Å². The highest BCUT2D eigenvalue weighted by molar-refractivity contribution is 9.10. The van der Waals surface area contributed by atoms with Gasteiger partial charge < -0.3 is 9.15 Å². The van der Waals surface area contributed by atoms with Gasteiger partial charge in [-0.25, -0.2) is 0 Å². The van der Waals surface area contributed by atoms with Crippen molar-refractivity contribution in [2.24, 2.45) is 0 Å². The van der Waals surface area contributed by atoms with Crippen LogP contribution in [-0.4, -0.2) is 22.4 Å². The van der Waals surface area contributed by atoms with Gasteiger partial charge in [-0.05, 0) is 42.0 Å². The second kappa shape index (κ2) is 7.63. The van der Waals surface area contributed by atoms with E-state index in [9.17, 15) is 4.79 Å². The molecule has 0 fully saturated rings. The minimum absolute atomic E-state index is 0.0637. The van der Waals surface area contributed by atoms with Crippen LogP contribution in [0, 0.1) is 0 Å². The molecule has 0 saturated heterocycles. The number of benzene rings is 2. The van der Waals surface area contributed by atoms with Crippen LogP contribution in [0.2, 0.25) is 0 Å². The Morgan fingerprint density at radius 2 is 1.83 bits per heavy atom. The fraction of sp³-hybridized carbons (Fsp3) is 0.118. The first-order valence-corrected chi connectivity index (χ1v) is 8.68. The molecule has 24 heavy (non-hydrogen) atoms. The fourth-order valence-corrected chi connectivity index (χ4v) is 2.90. The summed E-state index contributed by atoms with van der Waals surface area (Å²) in [5.41, 5.74) is 1.71. The zero-order valence-corrected chi connectivity index (χ0v) is 15.1. The first kappa shape index (κ1) is 16.7. The average Bonchev–Trinajstić information content (AvgIpc) is 3.04. The molecule has 2 aromatic carbocycles. The van der Waals surface area contributed by atoms with E-state index >= 15 is 0 Å². The Hall–Kier alpha value is -2.12. The SMILES string of the molecule is COc1ccc(CC(=O)Sc2nnc(-c3ccc(Br)cc3)o2)cc1. The predicted octanol–water partition coefficient (Wildman–Crippen LogP) is 4.37. The molecule has 0 bridgehead atoms. The van der Waals surface area contributed by atoms with Crippen molar-refractivity contribution in [3.05, 3.63) is 58.6 Å². The molecular weight excluding hydrogens is 392 g/mol. The van der Waals surface area contributed by atoms with Crippen LogP contribution in [-0.2, 0) is 11.2 Å². The zero-order chi connectivity index (χ0) is 16.9. The maximum Gasteiger partial charge on any atom is 0.284 e. The first-order valence-electron chi connectivity index (χ1n) is 7.07. The van der Waals surface area contributed by atoms with Crippen molar-refractivity contribution in [1.82, 2.24) is 10.2 Å². The third kappa shape index (κ3) is 4.24. The number of carbonyl (C=O) groups excluding carboxylic acids is 1. The number of thioether (sulfide) groups is 1. The monoisotopic (exact) mass is 404 g/mol. The lowest BCUT2D eigenvalue weighted by Gasteiger charge is -2.01. The van der Waals surface area contributed by atoms with Gasteiger partial charge in [0.25, 0.3) is 5.22 Å². The molecule has 3 aromatic rings. The van der Waals surface area contributed by atoms with Gasteiger partial charge in [-0.3, -0.25) is 4.79 Å². The molecule has 0 aliphatic carbocycles. The molecular formula is C17H13BrN2O3S. The second-order valence-corrected chi connectivity index (χ2v) is 6.80. The van der Waals surface area contributed by atoms with Crippen molar-refractivity contribution in [3.63, 3.8) is 0 Å². The van der Waals surface area contributed by atoms with Gasteiger partial charge in [0.05, 0.1) is 7.11 Å². The van der Waals surface area contributed by atoms with Gasteiger partial charge in [0, 0.05) is 28.2 Å². The summed E-state index contributed by atoms with van der Waals surface area (Å²) >= 11 is 4.32. The topological polar surface area (TPSA) is 65.2 Å². The predicted molar refractivity (Wildman–Crippen MR) is 95.0 cm³/mol. The number of hydrogen-bond donors (Lipinski definition) is 0. The Labute approximate surface area is 151 Å². The minimum Gasteiger partial charge on any atom is -0.497 e. The van der Waals surface area contributed by atoms with Crippen molar-refractivity contribution >= 4 is 32.8 Å². The number of rotatable bonds is 5. The highest BCUT2D eigenvalue weighted by Crippen LogP contribution is 2.25. The van der Waals surface area contributed by atoms with Crippen LogP contribution < -0.4 is 4.74 Å². The fourth-order valence-electron chi connectivity index (χ4n) is 2.00. The molecule has 0 saturated carbocycles. The molecule has 0 aliphatic heterocycles. The summed E-state index contributed by atoms with van der Waals surface area (Å²) in [4.78, 5) is 12.1. The zero-order valence-electron chi connectivity index (χ0n) is 12.7. The Balaban J connectivity index is 1.63. The molecule has 0 spiro atoms. The van der Waals surface area contributed by atoms with Crippen LogP contribution in [0.4, 0.5) is 0 Å². The Morgan fingerprint density at radius 3 is 2.50 bits per heavy atom. The van der Waals surface area contributed by atoms with E-state index in [0.29, 0.717) is 5.89 Å². The summed E-state index contributed by atoms with van der Waals surface area (Å²) in [5, 5.41) is 8.07. The summed E-state index contributed by atoms with van der Waals surface area (Å²) < 4.78 is 11.6. The van der Waals surface area contributed by atoms with E-state index in [0.717, 1.165) is 33.1 Å². The van der Waals surface area contributed by atoms with E-state index in [1.807, 2.05) is 48.5 Å². The van der Waals surface area contributed by atoms with E-state index in [1.54, 1.807) is 7.11 Å². The van der Waals surface area contributed by atoms with Crippen molar-refractivity contribution < 1.29 is 13.9 Å². The minimum atomic E-state index is -0.0637. The lowest BCUT2D eigenvalue weighted by Crippen LogP contribution is -1.97. The highest BCUT2D eigenvalue weighted by atomic mass is 79.9. The van der Waals surface area contributed by atoms with Gasteiger partial charge in [0.2, 0.25) is 11.0 Å². The van der Waals surface area contributed by atoms with Gasteiger partial charge in [-0.1, -0.05) is 28.1 Å². The van der Waals surface area contributed by atoms with Gasteiger partial charge in [-0.15, -0.1) is 10.2 Å². The van der Waals surface area contributed by atoms with E-state index in [2.05, 4.69) is 26.1 Å². The first-order chi connectivity index (χ1) is 11.6. The lowest BCUT2D eigenvalue weighted by atomic mass is 10.2. The molecule has 122 valence electrons. The quantitative estimate of drug-likeness (QED) is 0.588. The lowest BCUT2D eigenvalue weighted by molar-refractivity contribution is -0.110. The number of halogens is 1. The maximum atomic E-state index is 12.1. The molecule has 1 heterocycles. The molecule has 5 nitrogen and oxygen atoms in total. The second-order valence-electron chi connectivity index (χ2n) is 4.88. The van der Waals surface area contributed by atoms with Crippen LogP contribution >= 0.6 is 27.7 Å². The van der Waals surface area contributed by atoms with Gasteiger partial charge in [0.1, 0.15) is 5.75 Å². The van der Waals surface area contributed by atoms with Crippen LogP contribution in [0.15, 0.2) is 62.6 Å². The number of ether oxygens (including phenoxy) is 1. The molecule has 0 aliphatic rings. The van der Waals surface area contributed by atoms with Gasteiger partial charge in [-0.2, -0.15) is 0 Å². The van der Waals surface area contributed by atoms with E-state index in [4.69, 9.17) is 9.15 Å². The van der Waals surface area contributed by atoms with E-state index in [-0.39, 0.29) is 16.8 Å². The van der Waals surface area contributed by atoms with Crippen molar-refractivity contribution in [3.8, 4) is 17.2 Å². The highest BCUT2D eigenvalue weighted by Gasteiger charge is 2.14. The summed E-state index contributed by atoms with van der Waals surface area (Å²) in [7, 11) is 1.61. The standard InChI is InChI=1S/C17H13BrN2O3S/c1-22-14-8-2-11(3-9-14)10-15(21)24-17-20-19-16(23-17)12-4-6-13(18)7-5-12/h2-9H,10H2,1H3. The normalized spacial score (nSPS) is 10.6. The molecule has 0 unspecified atom stereocenters. The van der Waals surface area contributed by atoms with Gasteiger partial charge in [0.15, 0.2) is 0 Å². The third-order valence-corrected chi connectivity index (χ3v) is 4.45. The number of aromatic nitrogens is 2. The van der Waals surface area contributed by atoms with Crippen LogP contribution in [0.1, 0.15) is 5.56 Å². The van der Waals surface area contributed by atoms with Crippen molar-refractivity contribution in [2.75, 3.05) is 7.11 Å². The Kier molecular flexibility index (Phi) is 5.32. The third-order valence-electron chi connectivity index (χ3n) is 3.21. The molecule has 7 heteroatoms. The Morgan fingerprint density at radius 1 is 1.12 bits per heavy atom. The summed E-state index contributed by atoms with van der Waals surface area (Å²) in [6.45, 7) is 0. The van der Waals surface area contributed by atoms with Crippen LogP contribution in [0.3, 0.4) is 0 Å². The largest absolute Gasteiger partial charge is 0.497 e. The van der Waals surface area contributed by atoms with E-state index in [1.165, 1.54) is 0 Å². The smallest absolute Gasteiger partial charge is 0.284 e.